The fourth-order valence-corrected chi connectivity index (χ4v) is 2.86. The largest absolute Gasteiger partial charge is 0.287 e. The molecule has 0 fully saturated rings. The topological polar surface area (TPSA) is 34.9 Å². The molecule has 0 aliphatic rings. The summed E-state index contributed by atoms with van der Waals surface area (Å²) in [5.74, 6) is 0.941. The molecule has 0 aliphatic heterocycles. The molecule has 2 aromatic rings. The summed E-state index contributed by atoms with van der Waals surface area (Å²) < 4.78 is 1.68. The van der Waals surface area contributed by atoms with Gasteiger partial charge < -0.3 is 0 Å². The normalized spacial score (nSPS) is 10.8. The van der Waals surface area contributed by atoms with Crippen molar-refractivity contribution >= 4 is 29.1 Å². The lowest BCUT2D eigenvalue weighted by Gasteiger charge is -2.06. The summed E-state index contributed by atoms with van der Waals surface area (Å²) in [6, 6.07) is 7.63. The van der Waals surface area contributed by atoms with Gasteiger partial charge in [0.25, 0.3) is 0 Å². The van der Waals surface area contributed by atoms with E-state index in [4.69, 9.17) is 11.6 Å². The van der Waals surface area contributed by atoms with E-state index in [2.05, 4.69) is 12.0 Å². The maximum absolute atomic E-state index is 12.5. The Kier molecular flexibility index (Phi) is 5.26. The Morgan fingerprint density at radius 1 is 1.30 bits per heavy atom. The number of hydrogen-bond acceptors (Lipinski definition) is 3. The Labute approximate surface area is 128 Å². The lowest BCUT2D eigenvalue weighted by Crippen LogP contribution is -2.12. The summed E-state index contributed by atoms with van der Waals surface area (Å²) in [6.45, 7) is 4.84. The van der Waals surface area contributed by atoms with E-state index in [1.807, 2.05) is 31.2 Å². The minimum atomic E-state index is -0.0750. The smallest absolute Gasteiger partial charge is 0.212 e. The number of ketones is 1. The van der Waals surface area contributed by atoms with Gasteiger partial charge in [0, 0.05) is 17.0 Å². The van der Waals surface area contributed by atoms with E-state index in [1.54, 1.807) is 16.4 Å². The van der Waals surface area contributed by atoms with Gasteiger partial charge in [-0.25, -0.2) is 0 Å². The summed E-state index contributed by atoms with van der Waals surface area (Å²) in [5.41, 5.74) is 1.12. The van der Waals surface area contributed by atoms with Gasteiger partial charge in [-0.15, -0.1) is 11.8 Å². The molecule has 0 atom stereocenters. The molecule has 2 rings (SSSR count). The zero-order valence-corrected chi connectivity index (χ0v) is 13.2. The first-order valence-corrected chi connectivity index (χ1v) is 8.02. The van der Waals surface area contributed by atoms with Gasteiger partial charge in [0.2, 0.25) is 5.78 Å². The van der Waals surface area contributed by atoms with Crippen molar-refractivity contribution in [3.63, 3.8) is 0 Å². The first kappa shape index (κ1) is 15.1. The summed E-state index contributed by atoms with van der Waals surface area (Å²) >= 11 is 7.85. The zero-order chi connectivity index (χ0) is 14.5. The molecule has 0 N–H and O–H groups in total. The second-order valence-corrected chi connectivity index (χ2v) is 6.10. The lowest BCUT2D eigenvalue weighted by molar-refractivity contribution is 0.102. The van der Waals surface area contributed by atoms with Crippen molar-refractivity contribution in [1.29, 1.82) is 0 Å². The van der Waals surface area contributed by atoms with Gasteiger partial charge in [-0.2, -0.15) is 5.10 Å². The van der Waals surface area contributed by atoms with Crippen LogP contribution in [-0.2, 0) is 6.54 Å². The molecule has 0 bridgehead atoms. The number of hydrogen-bond donors (Lipinski definition) is 0. The van der Waals surface area contributed by atoms with Crippen LogP contribution in [0.4, 0.5) is 0 Å². The summed E-state index contributed by atoms with van der Waals surface area (Å²) in [7, 11) is 0. The minimum absolute atomic E-state index is 0.0750. The van der Waals surface area contributed by atoms with Crippen molar-refractivity contribution in [3.8, 4) is 0 Å². The third kappa shape index (κ3) is 3.25. The van der Waals surface area contributed by atoms with E-state index >= 15 is 0 Å². The number of thioether (sulfide) groups is 1. The maximum Gasteiger partial charge on any atom is 0.212 e. The molecular weight excluding hydrogens is 292 g/mol. The molecule has 0 saturated heterocycles. The highest BCUT2D eigenvalue weighted by molar-refractivity contribution is 7.99. The van der Waals surface area contributed by atoms with Crippen molar-refractivity contribution in [3.05, 3.63) is 46.7 Å². The Balaban J connectivity index is 2.28. The number of rotatable bonds is 6. The van der Waals surface area contributed by atoms with Crippen LogP contribution in [0.25, 0.3) is 0 Å². The lowest BCUT2D eigenvalue weighted by atomic mass is 10.1. The standard InChI is InChI=1S/C15H17ClN2OS/c1-3-9-18-14(13(16)10-17-18)15(19)11-5-7-12(8-6-11)20-4-2/h5-8,10H,3-4,9H2,1-2H3. The van der Waals surface area contributed by atoms with Crippen LogP contribution in [0.1, 0.15) is 36.3 Å². The predicted octanol–water partition coefficient (Wildman–Crippen LogP) is 4.29. The van der Waals surface area contributed by atoms with E-state index < -0.39 is 0 Å². The van der Waals surface area contributed by atoms with E-state index in [-0.39, 0.29) is 5.78 Å². The molecule has 0 saturated carbocycles. The fraction of sp³-hybridized carbons (Fsp3) is 0.333. The fourth-order valence-electron chi connectivity index (χ4n) is 1.98. The van der Waals surface area contributed by atoms with Gasteiger partial charge >= 0.3 is 0 Å². The summed E-state index contributed by atoms with van der Waals surface area (Å²) in [4.78, 5) is 13.7. The van der Waals surface area contributed by atoms with Crippen LogP contribution in [0.3, 0.4) is 0 Å². The van der Waals surface area contributed by atoms with Crippen LogP contribution in [0.5, 0.6) is 0 Å². The van der Waals surface area contributed by atoms with Crippen LogP contribution in [0.2, 0.25) is 5.02 Å². The maximum atomic E-state index is 12.5. The number of aromatic nitrogens is 2. The molecule has 20 heavy (non-hydrogen) atoms. The van der Waals surface area contributed by atoms with Crippen LogP contribution in [0, 0.1) is 0 Å². The highest BCUT2D eigenvalue weighted by Gasteiger charge is 2.18. The average molecular weight is 309 g/mol. The molecule has 0 radical (unpaired) electrons. The number of carbonyl (C=O) groups excluding carboxylic acids is 1. The number of carbonyl (C=O) groups is 1. The highest BCUT2D eigenvalue weighted by atomic mass is 35.5. The summed E-state index contributed by atoms with van der Waals surface area (Å²) in [6.07, 6.45) is 2.44. The molecule has 0 unspecified atom stereocenters. The SMILES string of the molecule is CCCn1ncc(Cl)c1C(=O)c1ccc(SCC)cc1. The monoisotopic (exact) mass is 308 g/mol. The van der Waals surface area contributed by atoms with E-state index in [9.17, 15) is 4.79 Å². The van der Waals surface area contributed by atoms with Gasteiger partial charge in [0.15, 0.2) is 0 Å². The Bertz CT molecular complexity index is 592. The molecule has 0 aliphatic carbocycles. The molecule has 1 aromatic carbocycles. The van der Waals surface area contributed by atoms with Gasteiger partial charge in [-0.1, -0.05) is 25.4 Å². The van der Waals surface area contributed by atoms with Crippen LogP contribution < -0.4 is 0 Å². The number of benzene rings is 1. The van der Waals surface area contributed by atoms with Gasteiger partial charge in [-0.3, -0.25) is 9.48 Å². The minimum Gasteiger partial charge on any atom is -0.287 e. The van der Waals surface area contributed by atoms with E-state index in [0.29, 0.717) is 22.8 Å². The van der Waals surface area contributed by atoms with Gasteiger partial charge in [-0.05, 0) is 36.4 Å². The van der Waals surface area contributed by atoms with E-state index in [0.717, 1.165) is 17.1 Å². The van der Waals surface area contributed by atoms with Crippen molar-refractivity contribution in [1.82, 2.24) is 9.78 Å². The Hall–Kier alpha value is -1.26. The number of aryl methyl sites for hydroxylation is 1. The predicted molar refractivity (Wildman–Crippen MR) is 83.8 cm³/mol. The third-order valence-electron chi connectivity index (χ3n) is 2.87. The van der Waals surface area contributed by atoms with Crippen LogP contribution in [0.15, 0.2) is 35.4 Å². The molecule has 0 spiro atoms. The van der Waals surface area contributed by atoms with Crippen molar-refractivity contribution in [2.24, 2.45) is 0 Å². The highest BCUT2D eigenvalue weighted by Crippen LogP contribution is 2.22. The van der Waals surface area contributed by atoms with Crippen molar-refractivity contribution in [2.75, 3.05) is 5.75 Å². The molecule has 0 amide bonds. The van der Waals surface area contributed by atoms with Crippen molar-refractivity contribution < 1.29 is 4.79 Å². The van der Waals surface area contributed by atoms with Crippen molar-refractivity contribution in [2.45, 2.75) is 31.7 Å². The Morgan fingerprint density at radius 2 is 2.00 bits per heavy atom. The molecule has 1 heterocycles. The van der Waals surface area contributed by atoms with Gasteiger partial charge in [0.05, 0.1) is 11.2 Å². The quantitative estimate of drug-likeness (QED) is 0.590. The second-order valence-electron chi connectivity index (χ2n) is 4.35. The van der Waals surface area contributed by atoms with Crippen LogP contribution >= 0.6 is 23.4 Å². The first-order chi connectivity index (χ1) is 9.67. The van der Waals surface area contributed by atoms with E-state index in [1.165, 1.54) is 6.20 Å². The van der Waals surface area contributed by atoms with Gasteiger partial charge in [0.1, 0.15) is 5.69 Å². The number of halogens is 1. The molecule has 3 nitrogen and oxygen atoms in total. The average Bonchev–Trinajstić information content (AvgIpc) is 2.81. The molecule has 106 valence electrons. The van der Waals surface area contributed by atoms with Crippen LogP contribution in [-0.4, -0.2) is 21.3 Å². The first-order valence-electron chi connectivity index (χ1n) is 6.66. The molecule has 5 heteroatoms. The Morgan fingerprint density at radius 3 is 2.60 bits per heavy atom. The molecule has 1 aromatic heterocycles. The third-order valence-corrected chi connectivity index (χ3v) is 4.04. The zero-order valence-electron chi connectivity index (χ0n) is 11.6. The summed E-state index contributed by atoms with van der Waals surface area (Å²) in [5, 5.41) is 4.57. The second kappa shape index (κ2) is 6.95. The number of nitrogens with zero attached hydrogens (tertiary/aromatic N) is 2. The molecular formula is C15H17ClN2OS.